The molecule has 6 heteroatoms. The highest BCUT2D eigenvalue weighted by Crippen LogP contribution is 2.27. The minimum atomic E-state index is -0.256. The van der Waals surface area contributed by atoms with Crippen molar-refractivity contribution >= 4 is 28.1 Å². The molecule has 5 nitrogen and oxygen atoms in total. The van der Waals surface area contributed by atoms with Crippen LogP contribution in [0.15, 0.2) is 47.1 Å². The monoisotopic (exact) mass is 273 g/mol. The van der Waals surface area contributed by atoms with Crippen LogP contribution in [-0.2, 0) is 9.63 Å². The number of carbonyl (C=O) groups excluding carboxylic acids is 1. The summed E-state index contributed by atoms with van der Waals surface area (Å²) in [5.74, 6) is -0.256. The van der Waals surface area contributed by atoms with E-state index in [4.69, 9.17) is 4.84 Å². The van der Waals surface area contributed by atoms with E-state index in [0.717, 1.165) is 5.56 Å². The Morgan fingerprint density at radius 3 is 2.95 bits per heavy atom. The Morgan fingerprint density at radius 1 is 1.37 bits per heavy atom. The van der Waals surface area contributed by atoms with Crippen LogP contribution in [0, 0.1) is 0 Å². The van der Waals surface area contributed by atoms with E-state index >= 15 is 0 Å². The quantitative estimate of drug-likeness (QED) is 0.935. The molecule has 0 saturated carbocycles. The number of carbonyl (C=O) groups is 1. The molecule has 1 aliphatic heterocycles. The van der Waals surface area contributed by atoms with Crippen LogP contribution in [0.2, 0.25) is 0 Å². The Labute approximate surface area is 113 Å². The standard InChI is InChI=1S/C13H11N3O2S/c17-12(15-13-14-6-7-19-13)10-8-11(18-16-10)9-4-2-1-3-5-9/h1-7,11H,8H2,(H,14,15,17). The molecular weight excluding hydrogens is 262 g/mol. The van der Waals surface area contributed by atoms with Gasteiger partial charge in [0.25, 0.3) is 5.91 Å². The van der Waals surface area contributed by atoms with Crippen molar-refractivity contribution in [3.63, 3.8) is 0 Å². The lowest BCUT2D eigenvalue weighted by Gasteiger charge is -2.07. The first kappa shape index (κ1) is 11.9. The number of thiazole rings is 1. The first-order valence-electron chi connectivity index (χ1n) is 5.81. The van der Waals surface area contributed by atoms with E-state index in [1.165, 1.54) is 11.3 Å². The fraction of sp³-hybridized carbons (Fsp3) is 0.154. The van der Waals surface area contributed by atoms with Gasteiger partial charge in [-0.3, -0.25) is 10.1 Å². The second kappa shape index (κ2) is 5.19. The van der Waals surface area contributed by atoms with E-state index in [1.54, 1.807) is 11.6 Å². The van der Waals surface area contributed by atoms with E-state index in [-0.39, 0.29) is 12.0 Å². The predicted molar refractivity (Wildman–Crippen MR) is 73.1 cm³/mol. The maximum absolute atomic E-state index is 11.9. The third-order valence-corrected chi connectivity index (χ3v) is 3.44. The summed E-state index contributed by atoms with van der Waals surface area (Å²) in [7, 11) is 0. The SMILES string of the molecule is O=C(Nc1nccs1)C1=NOC(c2ccccc2)C1. The highest BCUT2D eigenvalue weighted by molar-refractivity contribution is 7.13. The summed E-state index contributed by atoms with van der Waals surface area (Å²) in [5, 5.41) is 8.92. The van der Waals surface area contributed by atoms with Gasteiger partial charge in [-0.2, -0.15) is 0 Å². The van der Waals surface area contributed by atoms with Gasteiger partial charge in [0, 0.05) is 18.0 Å². The second-order valence-electron chi connectivity index (χ2n) is 4.04. The molecule has 96 valence electrons. The fourth-order valence-corrected chi connectivity index (χ4v) is 2.34. The highest BCUT2D eigenvalue weighted by Gasteiger charge is 2.27. The fourth-order valence-electron chi connectivity index (χ4n) is 1.81. The summed E-state index contributed by atoms with van der Waals surface area (Å²) in [5.41, 5.74) is 1.41. The van der Waals surface area contributed by atoms with Gasteiger partial charge >= 0.3 is 0 Å². The van der Waals surface area contributed by atoms with Crippen molar-refractivity contribution in [3.05, 3.63) is 47.5 Å². The molecule has 0 saturated heterocycles. The number of hydrogen-bond acceptors (Lipinski definition) is 5. The predicted octanol–water partition coefficient (Wildman–Crippen LogP) is 2.60. The molecule has 3 rings (SSSR count). The molecule has 0 fully saturated rings. The third-order valence-electron chi connectivity index (χ3n) is 2.76. The topological polar surface area (TPSA) is 63.6 Å². The van der Waals surface area contributed by atoms with E-state index in [1.807, 2.05) is 30.3 Å². The maximum Gasteiger partial charge on any atom is 0.275 e. The van der Waals surface area contributed by atoms with Crippen LogP contribution in [0.3, 0.4) is 0 Å². The number of aromatic nitrogens is 1. The van der Waals surface area contributed by atoms with Crippen LogP contribution in [0.5, 0.6) is 0 Å². The van der Waals surface area contributed by atoms with Gasteiger partial charge < -0.3 is 4.84 Å². The molecule has 1 N–H and O–H groups in total. The van der Waals surface area contributed by atoms with Crippen molar-refractivity contribution in [1.29, 1.82) is 0 Å². The lowest BCUT2D eigenvalue weighted by atomic mass is 10.0. The van der Waals surface area contributed by atoms with Gasteiger partial charge in [-0.15, -0.1) is 11.3 Å². The zero-order valence-corrected chi connectivity index (χ0v) is 10.8. The summed E-state index contributed by atoms with van der Waals surface area (Å²) in [4.78, 5) is 21.2. The lowest BCUT2D eigenvalue weighted by Crippen LogP contribution is -2.21. The summed E-state index contributed by atoms with van der Waals surface area (Å²) in [6.45, 7) is 0. The largest absolute Gasteiger partial charge is 0.387 e. The minimum Gasteiger partial charge on any atom is -0.387 e. The summed E-state index contributed by atoms with van der Waals surface area (Å²) in [6, 6.07) is 9.73. The van der Waals surface area contributed by atoms with Crippen molar-refractivity contribution in [3.8, 4) is 0 Å². The Balaban J connectivity index is 1.64. The molecule has 2 heterocycles. The average molecular weight is 273 g/mol. The normalized spacial score (nSPS) is 17.7. The second-order valence-corrected chi connectivity index (χ2v) is 4.93. The molecule has 0 spiro atoms. The average Bonchev–Trinajstić information content (AvgIpc) is 3.10. The van der Waals surface area contributed by atoms with Gasteiger partial charge in [-0.05, 0) is 5.56 Å². The number of benzene rings is 1. The first-order valence-corrected chi connectivity index (χ1v) is 6.69. The minimum absolute atomic E-state index is 0.182. The molecule has 2 aromatic rings. The van der Waals surface area contributed by atoms with Gasteiger partial charge in [0.05, 0.1) is 0 Å². The Bertz CT molecular complexity index is 596. The summed E-state index contributed by atoms with van der Waals surface area (Å²) < 4.78 is 0. The van der Waals surface area contributed by atoms with Crippen molar-refractivity contribution in [1.82, 2.24) is 4.98 Å². The molecule has 19 heavy (non-hydrogen) atoms. The van der Waals surface area contributed by atoms with Crippen molar-refractivity contribution < 1.29 is 9.63 Å². The van der Waals surface area contributed by atoms with Crippen molar-refractivity contribution in [2.45, 2.75) is 12.5 Å². The first-order chi connectivity index (χ1) is 9.33. The van der Waals surface area contributed by atoms with Crippen molar-refractivity contribution in [2.24, 2.45) is 5.16 Å². The van der Waals surface area contributed by atoms with Gasteiger partial charge in [0.15, 0.2) is 11.2 Å². The van der Waals surface area contributed by atoms with Gasteiger partial charge in [0.2, 0.25) is 0 Å². The van der Waals surface area contributed by atoms with Crippen LogP contribution in [0.1, 0.15) is 18.1 Å². The van der Waals surface area contributed by atoms with Gasteiger partial charge in [-0.25, -0.2) is 4.98 Å². The maximum atomic E-state index is 11.9. The molecule has 1 atom stereocenters. The van der Waals surface area contributed by atoms with Crippen LogP contribution >= 0.6 is 11.3 Å². The zero-order chi connectivity index (χ0) is 13.1. The lowest BCUT2D eigenvalue weighted by molar-refractivity contribution is -0.110. The number of rotatable bonds is 3. The van der Waals surface area contributed by atoms with E-state index in [2.05, 4.69) is 15.5 Å². The van der Waals surface area contributed by atoms with E-state index < -0.39 is 0 Å². The van der Waals surface area contributed by atoms with Crippen LogP contribution in [0.4, 0.5) is 5.13 Å². The molecule has 0 bridgehead atoms. The highest BCUT2D eigenvalue weighted by atomic mass is 32.1. The van der Waals surface area contributed by atoms with E-state index in [9.17, 15) is 4.79 Å². The number of anilines is 1. The number of oxime groups is 1. The molecule has 1 unspecified atom stereocenters. The molecule has 1 amide bonds. The number of hydrogen-bond donors (Lipinski definition) is 1. The molecule has 0 radical (unpaired) electrons. The summed E-state index contributed by atoms with van der Waals surface area (Å²) >= 11 is 1.37. The Hall–Kier alpha value is -2.21. The summed E-state index contributed by atoms with van der Waals surface area (Å²) in [6.07, 6.45) is 1.93. The molecule has 1 aromatic carbocycles. The van der Waals surface area contributed by atoms with Crippen molar-refractivity contribution in [2.75, 3.05) is 5.32 Å². The molecule has 1 aliphatic rings. The zero-order valence-electron chi connectivity index (χ0n) is 9.95. The number of nitrogens with zero attached hydrogens (tertiary/aromatic N) is 2. The number of amides is 1. The van der Waals surface area contributed by atoms with Crippen LogP contribution in [0.25, 0.3) is 0 Å². The van der Waals surface area contributed by atoms with Gasteiger partial charge in [0.1, 0.15) is 5.71 Å². The van der Waals surface area contributed by atoms with E-state index in [0.29, 0.717) is 17.3 Å². The molecular formula is C13H11N3O2S. The molecule has 0 aliphatic carbocycles. The smallest absolute Gasteiger partial charge is 0.275 e. The van der Waals surface area contributed by atoms with Crippen LogP contribution < -0.4 is 5.32 Å². The molecule has 1 aromatic heterocycles. The Kier molecular flexibility index (Phi) is 3.24. The van der Waals surface area contributed by atoms with Gasteiger partial charge in [-0.1, -0.05) is 35.5 Å². The van der Waals surface area contributed by atoms with Crippen LogP contribution in [-0.4, -0.2) is 16.6 Å². The Morgan fingerprint density at radius 2 is 2.21 bits per heavy atom. The third kappa shape index (κ3) is 2.63. The number of nitrogens with one attached hydrogen (secondary N) is 1.